The topological polar surface area (TPSA) is 130 Å². The average Bonchev–Trinajstić information content (AvgIpc) is 3.57. The van der Waals surface area contributed by atoms with Crippen LogP contribution >= 0.6 is 23.2 Å². The molecular weight excluding hydrogens is 537 g/mol. The van der Waals surface area contributed by atoms with Crippen LogP contribution in [0.15, 0.2) is 60.0 Å². The summed E-state index contributed by atoms with van der Waals surface area (Å²) in [5.74, 6) is 1.14. The zero-order chi connectivity index (χ0) is 25.7. The Balaban J connectivity index is 1.26. The summed E-state index contributed by atoms with van der Waals surface area (Å²) in [4.78, 5) is 16.0. The summed E-state index contributed by atoms with van der Waals surface area (Å²) in [6, 6.07) is 8.68. The van der Waals surface area contributed by atoms with E-state index in [0.29, 0.717) is 38.6 Å². The molecule has 6 rings (SSSR count). The number of fused-ring (bicyclic) bond motifs is 2. The third kappa shape index (κ3) is 4.23. The van der Waals surface area contributed by atoms with Crippen LogP contribution < -0.4 is 4.74 Å². The van der Waals surface area contributed by atoms with E-state index < -0.39 is 16.1 Å². The Kier molecular flexibility index (Phi) is 5.87. The fourth-order valence-electron chi connectivity index (χ4n) is 4.36. The smallest absolute Gasteiger partial charge is 0.245 e. The number of hydrogen-bond acceptors (Lipinski definition) is 7. The second-order valence-corrected chi connectivity index (χ2v) is 11.3. The van der Waals surface area contributed by atoms with Crippen molar-refractivity contribution in [3.05, 3.63) is 82.1 Å². The van der Waals surface area contributed by atoms with Gasteiger partial charge in [-0.25, -0.2) is 13.4 Å². The van der Waals surface area contributed by atoms with Crippen LogP contribution in [-0.2, 0) is 23.1 Å². The third-order valence-electron chi connectivity index (χ3n) is 6.17. The monoisotopic (exact) mass is 555 g/mol. The molecule has 1 aliphatic heterocycles. The van der Waals surface area contributed by atoms with Gasteiger partial charge in [-0.15, -0.1) is 0 Å². The van der Waals surface area contributed by atoms with E-state index in [1.165, 1.54) is 35.2 Å². The Morgan fingerprint density at radius 3 is 2.62 bits per heavy atom. The summed E-state index contributed by atoms with van der Waals surface area (Å²) in [7, 11) is -3.67. The SMILES string of the molecule is CC(Oc1ccc2[nH]nc(-c3nc4c([nH]3)CN(S(=O)(=O)c3cccnc3)C4)c2c1)c1c(Cl)cncc1Cl. The van der Waals surface area contributed by atoms with Gasteiger partial charge in [0.05, 0.1) is 40.0 Å². The van der Waals surface area contributed by atoms with Crippen molar-refractivity contribution in [2.75, 3.05) is 0 Å². The van der Waals surface area contributed by atoms with E-state index in [9.17, 15) is 8.42 Å². The van der Waals surface area contributed by atoms with Gasteiger partial charge in [0.25, 0.3) is 0 Å². The van der Waals surface area contributed by atoms with Crippen molar-refractivity contribution in [2.45, 2.75) is 31.0 Å². The van der Waals surface area contributed by atoms with Crippen molar-refractivity contribution in [1.29, 1.82) is 0 Å². The van der Waals surface area contributed by atoms with Crippen LogP contribution in [-0.4, -0.2) is 42.9 Å². The number of sulfonamides is 1. The van der Waals surface area contributed by atoms with E-state index in [4.69, 9.17) is 27.9 Å². The minimum absolute atomic E-state index is 0.148. The molecule has 1 aliphatic rings. The number of ether oxygens (including phenoxy) is 1. The van der Waals surface area contributed by atoms with Crippen LogP contribution in [0.3, 0.4) is 0 Å². The molecule has 1 aromatic carbocycles. The van der Waals surface area contributed by atoms with Crippen LogP contribution in [0.5, 0.6) is 5.75 Å². The van der Waals surface area contributed by atoms with Crippen LogP contribution in [0.2, 0.25) is 10.0 Å². The van der Waals surface area contributed by atoms with Crippen molar-refractivity contribution in [3.8, 4) is 17.3 Å². The van der Waals surface area contributed by atoms with Crippen molar-refractivity contribution in [1.82, 2.24) is 34.4 Å². The molecule has 4 aromatic heterocycles. The number of aromatic nitrogens is 6. The number of aromatic amines is 2. The Bertz CT molecular complexity index is 1690. The van der Waals surface area contributed by atoms with Gasteiger partial charge >= 0.3 is 0 Å². The molecule has 13 heteroatoms. The Hall–Kier alpha value is -3.51. The van der Waals surface area contributed by atoms with Crippen molar-refractivity contribution in [2.24, 2.45) is 0 Å². The first-order valence-electron chi connectivity index (χ1n) is 11.2. The highest BCUT2D eigenvalue weighted by Crippen LogP contribution is 2.35. The van der Waals surface area contributed by atoms with Gasteiger partial charge in [-0.1, -0.05) is 23.2 Å². The maximum absolute atomic E-state index is 13.0. The van der Waals surface area contributed by atoms with Gasteiger partial charge in [-0.2, -0.15) is 9.40 Å². The zero-order valence-corrected chi connectivity index (χ0v) is 21.6. The second kappa shape index (κ2) is 9.10. The molecule has 5 aromatic rings. The Labute approximate surface area is 221 Å². The van der Waals surface area contributed by atoms with Gasteiger partial charge < -0.3 is 9.72 Å². The van der Waals surface area contributed by atoms with Crippen molar-refractivity contribution in [3.63, 3.8) is 0 Å². The molecule has 1 atom stereocenters. The normalized spacial score (nSPS) is 14.7. The molecule has 10 nitrogen and oxygen atoms in total. The summed E-state index contributed by atoms with van der Waals surface area (Å²) in [6.07, 6.45) is 5.51. The lowest BCUT2D eigenvalue weighted by atomic mass is 10.1. The van der Waals surface area contributed by atoms with Gasteiger partial charge in [0.2, 0.25) is 10.0 Å². The first-order valence-corrected chi connectivity index (χ1v) is 13.4. The van der Waals surface area contributed by atoms with Gasteiger partial charge in [0.15, 0.2) is 5.82 Å². The number of pyridine rings is 2. The van der Waals surface area contributed by atoms with Crippen LogP contribution in [0.25, 0.3) is 22.4 Å². The summed E-state index contributed by atoms with van der Waals surface area (Å²) < 4.78 is 33.4. The third-order valence-corrected chi connectivity index (χ3v) is 8.54. The first-order chi connectivity index (χ1) is 17.8. The molecular formula is C24H19Cl2N7O3S. The molecule has 0 radical (unpaired) electrons. The lowest BCUT2D eigenvalue weighted by Gasteiger charge is -2.17. The van der Waals surface area contributed by atoms with Gasteiger partial charge in [0, 0.05) is 35.7 Å². The predicted molar refractivity (Wildman–Crippen MR) is 138 cm³/mol. The largest absolute Gasteiger partial charge is 0.486 e. The quantitative estimate of drug-likeness (QED) is 0.305. The molecule has 0 spiro atoms. The minimum Gasteiger partial charge on any atom is -0.486 e. The molecule has 0 fully saturated rings. The zero-order valence-electron chi connectivity index (χ0n) is 19.3. The number of imidazole rings is 1. The molecule has 0 saturated heterocycles. The second-order valence-electron chi connectivity index (χ2n) is 8.53. The molecule has 0 amide bonds. The van der Waals surface area contributed by atoms with E-state index in [2.05, 4.69) is 30.1 Å². The van der Waals surface area contributed by atoms with Gasteiger partial charge in [0.1, 0.15) is 22.4 Å². The number of nitrogens with zero attached hydrogens (tertiary/aromatic N) is 5. The fourth-order valence-corrected chi connectivity index (χ4v) is 6.36. The molecule has 188 valence electrons. The number of nitrogens with one attached hydrogen (secondary N) is 2. The van der Waals surface area contributed by atoms with E-state index >= 15 is 0 Å². The predicted octanol–water partition coefficient (Wildman–Crippen LogP) is 4.89. The molecule has 0 aliphatic carbocycles. The molecule has 1 unspecified atom stereocenters. The van der Waals surface area contributed by atoms with Crippen LogP contribution in [0.1, 0.15) is 30.0 Å². The average molecular weight is 556 g/mol. The molecule has 5 heterocycles. The molecule has 2 N–H and O–H groups in total. The maximum atomic E-state index is 13.0. The fraction of sp³-hybridized carbons (Fsp3) is 0.167. The van der Waals surface area contributed by atoms with E-state index in [1.54, 1.807) is 6.07 Å². The van der Waals surface area contributed by atoms with E-state index in [0.717, 1.165) is 16.6 Å². The molecule has 37 heavy (non-hydrogen) atoms. The standard InChI is InChI=1S/C24H19Cl2N7O3S/c1-13(22-17(25)9-28-10-18(22)26)36-14-4-5-19-16(7-14)23(32-31-19)24-29-20-11-33(12-21(20)30-24)37(34,35)15-3-2-6-27-8-15/h2-10,13H,11-12H2,1H3,(H,29,30)(H,31,32). The number of hydrogen-bond donors (Lipinski definition) is 2. The minimum atomic E-state index is -3.67. The molecule has 0 bridgehead atoms. The van der Waals surface area contributed by atoms with Crippen molar-refractivity contribution < 1.29 is 13.2 Å². The van der Waals surface area contributed by atoms with Crippen molar-refractivity contribution >= 4 is 44.1 Å². The molecule has 0 saturated carbocycles. The Morgan fingerprint density at radius 1 is 1.08 bits per heavy atom. The highest BCUT2D eigenvalue weighted by atomic mass is 35.5. The van der Waals surface area contributed by atoms with E-state index in [1.807, 2.05) is 25.1 Å². The number of halogens is 2. The van der Waals surface area contributed by atoms with Gasteiger partial charge in [-0.05, 0) is 37.3 Å². The van der Waals surface area contributed by atoms with Gasteiger partial charge in [-0.3, -0.25) is 15.1 Å². The highest BCUT2D eigenvalue weighted by molar-refractivity contribution is 7.89. The van der Waals surface area contributed by atoms with E-state index in [-0.39, 0.29) is 18.0 Å². The Morgan fingerprint density at radius 2 is 1.89 bits per heavy atom. The number of H-pyrrole nitrogens is 2. The van der Waals surface area contributed by atoms with Crippen LogP contribution in [0.4, 0.5) is 0 Å². The summed E-state index contributed by atoms with van der Waals surface area (Å²) >= 11 is 12.6. The number of rotatable bonds is 6. The lowest BCUT2D eigenvalue weighted by Crippen LogP contribution is -2.26. The summed E-state index contributed by atoms with van der Waals surface area (Å²) in [5.41, 5.74) is 3.43. The summed E-state index contributed by atoms with van der Waals surface area (Å²) in [6.45, 7) is 2.20. The highest BCUT2D eigenvalue weighted by Gasteiger charge is 2.33. The lowest BCUT2D eigenvalue weighted by molar-refractivity contribution is 0.227. The number of benzene rings is 1. The summed E-state index contributed by atoms with van der Waals surface area (Å²) in [5, 5.41) is 9.09. The van der Waals surface area contributed by atoms with Crippen LogP contribution in [0, 0.1) is 0 Å². The maximum Gasteiger partial charge on any atom is 0.245 e. The first kappa shape index (κ1) is 23.9.